The third kappa shape index (κ3) is 11.0. The summed E-state index contributed by atoms with van der Waals surface area (Å²) in [7, 11) is 3.07. The van der Waals surface area contributed by atoms with Gasteiger partial charge in [0.25, 0.3) is 0 Å². The summed E-state index contributed by atoms with van der Waals surface area (Å²) in [4.78, 5) is 27.6. The van der Waals surface area contributed by atoms with Gasteiger partial charge in [0.2, 0.25) is 11.1 Å². The summed E-state index contributed by atoms with van der Waals surface area (Å²) < 4.78 is 36.9. The fraction of sp³-hybridized carbons (Fsp3) is 0.400. The van der Waals surface area contributed by atoms with Crippen molar-refractivity contribution < 1.29 is 27.8 Å². The van der Waals surface area contributed by atoms with E-state index in [0.717, 1.165) is 37.6 Å². The topological polar surface area (TPSA) is 74.4 Å². The highest BCUT2D eigenvalue weighted by Gasteiger charge is 2.22. The molecule has 4 rings (SSSR count). The van der Waals surface area contributed by atoms with E-state index >= 15 is 0 Å². The molecule has 0 atom stereocenters. The van der Waals surface area contributed by atoms with Crippen LogP contribution in [-0.2, 0) is 9.59 Å². The molecule has 0 bridgehead atoms. The van der Waals surface area contributed by atoms with Crippen molar-refractivity contribution in [2.75, 3.05) is 76.4 Å². The van der Waals surface area contributed by atoms with Gasteiger partial charge in [0.15, 0.2) is 0 Å². The Hall–Kier alpha value is -3.63. The van der Waals surface area contributed by atoms with E-state index in [-0.39, 0.29) is 17.5 Å². The lowest BCUT2D eigenvalue weighted by Gasteiger charge is -2.36. The number of halogens is 3. The molecule has 2 aromatic rings. The third-order valence-electron chi connectivity index (χ3n) is 6.30. The van der Waals surface area contributed by atoms with Gasteiger partial charge in [-0.15, -0.1) is 0 Å². The van der Waals surface area contributed by atoms with Gasteiger partial charge in [-0.05, 0) is 37.6 Å². The molecule has 11 heteroatoms. The molecule has 0 aromatic heterocycles. The summed E-state index contributed by atoms with van der Waals surface area (Å²) in [5.74, 6) is 0.494. The summed E-state index contributed by atoms with van der Waals surface area (Å²) in [6.45, 7) is 16.5. The summed E-state index contributed by atoms with van der Waals surface area (Å²) in [6.07, 6.45) is 0. The molecule has 0 radical (unpaired) electrons. The van der Waals surface area contributed by atoms with Gasteiger partial charge in [0.05, 0.1) is 14.2 Å². The van der Waals surface area contributed by atoms with Crippen molar-refractivity contribution in [3.63, 3.8) is 0 Å². The van der Waals surface area contributed by atoms with E-state index in [1.165, 1.54) is 25.3 Å². The molecule has 2 aromatic carbocycles. The Morgan fingerprint density at radius 2 is 1.17 bits per heavy atom. The summed E-state index contributed by atoms with van der Waals surface area (Å²) in [5.41, 5.74) is 2.61. The highest BCUT2D eigenvalue weighted by molar-refractivity contribution is 6.67. The molecule has 0 spiro atoms. The van der Waals surface area contributed by atoms with Gasteiger partial charge >= 0.3 is 0 Å². The molecule has 2 fully saturated rings. The number of nitrogens with zero attached hydrogens (tertiary/aromatic N) is 3. The van der Waals surface area contributed by atoms with E-state index in [1.54, 1.807) is 38.0 Å². The fourth-order valence-corrected chi connectivity index (χ4v) is 4.06. The van der Waals surface area contributed by atoms with E-state index in [2.05, 4.69) is 23.4 Å². The van der Waals surface area contributed by atoms with E-state index in [1.807, 2.05) is 11.0 Å². The SMILES string of the molecule is C=C(C)C(=O)Cl.C=C(C)C(=O)N1CCN(c2cc(F)cc(OC)c2)CC1.COc1cc(F)cc(N2CCNCC2)c1. The molecule has 0 saturated carbocycles. The maximum absolute atomic E-state index is 13.5. The zero-order valence-corrected chi connectivity index (χ0v) is 24.9. The highest BCUT2D eigenvalue weighted by atomic mass is 35.5. The highest BCUT2D eigenvalue weighted by Crippen LogP contribution is 2.25. The number of anilines is 2. The predicted octanol–water partition coefficient (Wildman–Crippen LogP) is 4.63. The quantitative estimate of drug-likeness (QED) is 0.387. The second kappa shape index (κ2) is 16.6. The Bertz CT molecular complexity index is 1200. The van der Waals surface area contributed by atoms with Crippen LogP contribution in [0.5, 0.6) is 11.5 Å². The van der Waals surface area contributed by atoms with Crippen molar-refractivity contribution in [2.45, 2.75) is 13.8 Å². The number of ether oxygens (including phenoxy) is 2. The van der Waals surface area contributed by atoms with E-state index in [4.69, 9.17) is 21.1 Å². The number of rotatable bonds is 6. The number of hydrogen-bond acceptors (Lipinski definition) is 7. The van der Waals surface area contributed by atoms with E-state index in [0.29, 0.717) is 48.8 Å². The smallest absolute Gasteiger partial charge is 0.249 e. The van der Waals surface area contributed by atoms with Crippen LogP contribution in [0.2, 0.25) is 0 Å². The molecular weight excluding hydrogens is 554 g/mol. The molecule has 2 heterocycles. The van der Waals surface area contributed by atoms with Crippen molar-refractivity contribution in [2.24, 2.45) is 0 Å². The fourth-order valence-electron chi connectivity index (χ4n) is 4.06. The Morgan fingerprint density at radius 3 is 1.54 bits per heavy atom. The first-order valence-corrected chi connectivity index (χ1v) is 13.5. The minimum absolute atomic E-state index is 0.0125. The van der Waals surface area contributed by atoms with Crippen LogP contribution >= 0.6 is 11.6 Å². The zero-order chi connectivity index (χ0) is 30.5. The summed E-state index contributed by atoms with van der Waals surface area (Å²) >= 11 is 4.87. The molecule has 2 saturated heterocycles. The second-order valence-corrected chi connectivity index (χ2v) is 9.89. The van der Waals surface area contributed by atoms with Crippen LogP contribution in [0.25, 0.3) is 0 Å². The Labute approximate surface area is 246 Å². The van der Waals surface area contributed by atoms with Gasteiger partial charge in [0.1, 0.15) is 23.1 Å². The van der Waals surface area contributed by atoms with Gasteiger partial charge in [-0.25, -0.2) is 8.78 Å². The molecule has 1 amide bonds. The average molecular weight is 593 g/mol. The largest absolute Gasteiger partial charge is 0.497 e. The number of allylic oxidation sites excluding steroid dienone is 1. The van der Waals surface area contributed by atoms with Gasteiger partial charge in [-0.2, -0.15) is 0 Å². The zero-order valence-electron chi connectivity index (χ0n) is 24.1. The van der Waals surface area contributed by atoms with Crippen LogP contribution < -0.4 is 24.6 Å². The predicted molar refractivity (Wildman–Crippen MR) is 160 cm³/mol. The minimum Gasteiger partial charge on any atom is -0.497 e. The average Bonchev–Trinajstić information content (AvgIpc) is 2.97. The van der Waals surface area contributed by atoms with Crippen LogP contribution in [0.1, 0.15) is 13.8 Å². The maximum Gasteiger partial charge on any atom is 0.249 e. The molecule has 0 unspecified atom stereocenters. The van der Waals surface area contributed by atoms with Crippen LogP contribution in [0, 0.1) is 11.6 Å². The van der Waals surface area contributed by atoms with Gasteiger partial charge < -0.3 is 29.5 Å². The first-order valence-electron chi connectivity index (χ1n) is 13.1. The van der Waals surface area contributed by atoms with E-state index < -0.39 is 5.24 Å². The van der Waals surface area contributed by atoms with Crippen molar-refractivity contribution in [3.05, 3.63) is 72.3 Å². The lowest BCUT2D eigenvalue weighted by molar-refractivity contribution is -0.127. The lowest BCUT2D eigenvalue weighted by Crippen LogP contribution is -2.49. The van der Waals surface area contributed by atoms with Crippen LogP contribution in [0.15, 0.2) is 60.7 Å². The molecule has 8 nitrogen and oxygen atoms in total. The molecule has 0 aliphatic carbocycles. The second-order valence-electron chi connectivity index (χ2n) is 9.55. The maximum atomic E-state index is 13.5. The monoisotopic (exact) mass is 592 g/mol. The number of methoxy groups -OCH3 is 2. The molecule has 2 aliphatic rings. The van der Waals surface area contributed by atoms with Gasteiger partial charge in [-0.3, -0.25) is 9.59 Å². The number of benzene rings is 2. The van der Waals surface area contributed by atoms with Crippen molar-refractivity contribution in [1.29, 1.82) is 0 Å². The van der Waals surface area contributed by atoms with Crippen LogP contribution in [-0.4, -0.2) is 82.6 Å². The summed E-state index contributed by atoms with van der Waals surface area (Å²) in [5, 5.41) is 2.80. The first kappa shape index (κ1) is 33.6. The van der Waals surface area contributed by atoms with E-state index in [9.17, 15) is 18.4 Å². The molecule has 224 valence electrons. The number of carbonyl (C=O) groups excluding carboxylic acids is 2. The first-order chi connectivity index (χ1) is 19.4. The van der Waals surface area contributed by atoms with Gasteiger partial charge in [0, 0.05) is 99.1 Å². The lowest BCUT2D eigenvalue weighted by atomic mass is 10.2. The van der Waals surface area contributed by atoms with Crippen molar-refractivity contribution in [3.8, 4) is 11.5 Å². The number of amides is 1. The number of hydrogen-bond donors (Lipinski definition) is 1. The van der Waals surface area contributed by atoms with Crippen LogP contribution in [0.3, 0.4) is 0 Å². The standard InChI is InChI=1S/C15H19FN2O2.C11H15FN2O.C4H5ClO/c1-11(2)15(19)18-6-4-17(5-7-18)13-8-12(16)9-14(10-13)20-3;1-15-11-7-9(12)6-10(8-11)14-4-2-13-3-5-14;1-3(2)4(5)6/h8-10H,1,4-7H2,2-3H3;6-8,13H,2-5H2,1H3;1H2,2H3. The normalized spacial score (nSPS) is 14.6. The Morgan fingerprint density at radius 1 is 0.756 bits per heavy atom. The molecule has 41 heavy (non-hydrogen) atoms. The third-order valence-corrected chi connectivity index (χ3v) is 6.62. The minimum atomic E-state index is -0.463. The molecule has 2 aliphatic heterocycles. The number of piperazine rings is 2. The molecule has 1 N–H and O–H groups in total. The number of carbonyl (C=O) groups is 2. The van der Waals surface area contributed by atoms with Crippen LogP contribution in [0.4, 0.5) is 20.2 Å². The van der Waals surface area contributed by atoms with Crippen molar-refractivity contribution in [1.82, 2.24) is 10.2 Å². The van der Waals surface area contributed by atoms with Crippen molar-refractivity contribution >= 4 is 34.1 Å². The number of nitrogens with one attached hydrogen (secondary N) is 1. The Balaban J connectivity index is 0.000000246. The summed E-state index contributed by atoms with van der Waals surface area (Å²) in [6, 6.07) is 9.45. The van der Waals surface area contributed by atoms with Gasteiger partial charge in [-0.1, -0.05) is 13.2 Å². The Kier molecular flexibility index (Phi) is 13.6. The molecular formula is C30H39ClF2N4O4.